The van der Waals surface area contributed by atoms with Crippen molar-refractivity contribution in [2.75, 3.05) is 26.4 Å². The molecule has 0 radical (unpaired) electrons. The number of benzene rings is 2. The lowest BCUT2D eigenvalue weighted by Gasteiger charge is -2.25. The standard InChI is InChI=1S/C19H21ClN6OS/c1-25(2)17(14-6-4-3-5-7-14)12-21-18(27)13-28-19-22-23-24-26(19)16-10-8-15(20)9-11-16/h3-11,17H,12-13H2,1-2H3,(H,21,27)/t17-/m1/s1. The van der Waals surface area contributed by atoms with Crippen LogP contribution in [-0.2, 0) is 4.79 Å². The summed E-state index contributed by atoms with van der Waals surface area (Å²) in [4.78, 5) is 14.4. The van der Waals surface area contributed by atoms with E-state index in [9.17, 15) is 4.79 Å². The number of nitrogens with one attached hydrogen (secondary N) is 1. The van der Waals surface area contributed by atoms with Gasteiger partial charge in [0.05, 0.1) is 17.5 Å². The van der Waals surface area contributed by atoms with E-state index in [1.54, 1.807) is 16.8 Å². The fraction of sp³-hybridized carbons (Fsp3) is 0.263. The van der Waals surface area contributed by atoms with Crippen molar-refractivity contribution in [3.05, 3.63) is 65.2 Å². The zero-order valence-electron chi connectivity index (χ0n) is 15.6. The highest BCUT2D eigenvalue weighted by atomic mass is 35.5. The Morgan fingerprint density at radius 1 is 1.18 bits per heavy atom. The Morgan fingerprint density at radius 3 is 2.57 bits per heavy atom. The van der Waals surface area contributed by atoms with Gasteiger partial charge in [0, 0.05) is 11.6 Å². The predicted octanol–water partition coefficient (Wildman–Crippen LogP) is 2.83. The van der Waals surface area contributed by atoms with Crippen LogP contribution in [0.4, 0.5) is 0 Å². The summed E-state index contributed by atoms with van der Waals surface area (Å²) in [5.74, 6) is 0.154. The van der Waals surface area contributed by atoms with E-state index in [-0.39, 0.29) is 17.7 Å². The van der Waals surface area contributed by atoms with Crippen LogP contribution in [0.1, 0.15) is 11.6 Å². The van der Waals surface area contributed by atoms with Gasteiger partial charge in [0.1, 0.15) is 0 Å². The van der Waals surface area contributed by atoms with Gasteiger partial charge in [-0.3, -0.25) is 4.79 Å². The molecule has 1 amide bonds. The lowest BCUT2D eigenvalue weighted by Crippen LogP contribution is -2.35. The minimum atomic E-state index is -0.0709. The molecule has 146 valence electrons. The number of nitrogens with zero attached hydrogens (tertiary/aromatic N) is 5. The lowest BCUT2D eigenvalue weighted by atomic mass is 10.1. The summed E-state index contributed by atoms with van der Waals surface area (Å²) in [6.07, 6.45) is 0. The van der Waals surface area contributed by atoms with E-state index in [2.05, 4.69) is 37.9 Å². The quantitative estimate of drug-likeness (QED) is 0.569. The van der Waals surface area contributed by atoms with Gasteiger partial charge in [-0.05, 0) is 54.4 Å². The summed E-state index contributed by atoms with van der Waals surface area (Å²) < 4.78 is 1.58. The van der Waals surface area contributed by atoms with Crippen LogP contribution in [0.25, 0.3) is 5.69 Å². The molecule has 0 aliphatic carbocycles. The monoisotopic (exact) mass is 416 g/mol. The molecule has 0 aliphatic heterocycles. The van der Waals surface area contributed by atoms with Gasteiger partial charge in [-0.25, -0.2) is 0 Å². The van der Waals surface area contributed by atoms with E-state index in [1.807, 2.05) is 44.4 Å². The normalized spacial score (nSPS) is 12.1. The summed E-state index contributed by atoms with van der Waals surface area (Å²) in [6.45, 7) is 0.526. The van der Waals surface area contributed by atoms with E-state index in [1.165, 1.54) is 11.8 Å². The molecule has 28 heavy (non-hydrogen) atoms. The Kier molecular flexibility index (Phi) is 7.02. The van der Waals surface area contributed by atoms with Crippen molar-refractivity contribution in [3.63, 3.8) is 0 Å². The summed E-state index contributed by atoms with van der Waals surface area (Å²) in [5.41, 5.74) is 1.95. The number of aromatic nitrogens is 4. The average molecular weight is 417 g/mol. The second-order valence-electron chi connectivity index (χ2n) is 6.33. The summed E-state index contributed by atoms with van der Waals surface area (Å²) >= 11 is 7.20. The zero-order valence-corrected chi connectivity index (χ0v) is 17.2. The van der Waals surface area contributed by atoms with Gasteiger partial charge in [-0.15, -0.1) is 5.10 Å². The van der Waals surface area contributed by atoms with E-state index in [0.29, 0.717) is 16.7 Å². The first-order chi connectivity index (χ1) is 13.5. The molecule has 9 heteroatoms. The first-order valence-corrected chi connectivity index (χ1v) is 10.1. The van der Waals surface area contributed by atoms with Crippen LogP contribution in [0.2, 0.25) is 5.02 Å². The summed E-state index contributed by atoms with van der Waals surface area (Å²) in [5, 5.41) is 15.9. The molecule has 0 bridgehead atoms. The molecule has 1 heterocycles. The first-order valence-electron chi connectivity index (χ1n) is 8.70. The number of likely N-dealkylation sites (N-methyl/N-ethyl adjacent to an activating group) is 1. The number of hydrogen-bond acceptors (Lipinski definition) is 6. The maximum Gasteiger partial charge on any atom is 0.230 e. The van der Waals surface area contributed by atoms with Gasteiger partial charge in [0.15, 0.2) is 0 Å². The molecule has 1 atom stereocenters. The van der Waals surface area contributed by atoms with Crippen molar-refractivity contribution in [2.24, 2.45) is 0 Å². The first kappa shape index (κ1) is 20.3. The molecule has 7 nitrogen and oxygen atoms in total. The number of halogens is 1. The third-order valence-electron chi connectivity index (χ3n) is 4.14. The van der Waals surface area contributed by atoms with Gasteiger partial charge in [-0.1, -0.05) is 53.7 Å². The molecule has 0 fully saturated rings. The van der Waals surface area contributed by atoms with E-state index >= 15 is 0 Å². The maximum absolute atomic E-state index is 12.3. The number of amides is 1. The van der Waals surface area contributed by atoms with Gasteiger partial charge in [-0.2, -0.15) is 4.68 Å². The predicted molar refractivity (Wildman–Crippen MR) is 111 cm³/mol. The van der Waals surface area contributed by atoms with Crippen molar-refractivity contribution in [1.29, 1.82) is 0 Å². The Hall–Kier alpha value is -2.42. The number of carbonyl (C=O) groups is 1. The molecule has 3 aromatic rings. The Labute approximate surface area is 173 Å². The van der Waals surface area contributed by atoms with Crippen LogP contribution in [0.15, 0.2) is 59.8 Å². The van der Waals surface area contributed by atoms with E-state index < -0.39 is 0 Å². The summed E-state index contributed by atoms with van der Waals surface area (Å²) in [7, 11) is 4.00. The van der Waals surface area contributed by atoms with E-state index in [4.69, 9.17) is 11.6 Å². The molecule has 0 spiro atoms. The van der Waals surface area contributed by atoms with Crippen LogP contribution in [0, 0.1) is 0 Å². The van der Waals surface area contributed by atoms with Gasteiger partial charge >= 0.3 is 0 Å². The highest BCUT2D eigenvalue weighted by Gasteiger charge is 2.16. The van der Waals surface area contributed by atoms with Crippen LogP contribution in [0.5, 0.6) is 0 Å². The molecule has 3 rings (SSSR count). The van der Waals surface area contributed by atoms with Crippen LogP contribution < -0.4 is 5.32 Å². The van der Waals surface area contributed by atoms with Gasteiger partial charge in [0.25, 0.3) is 0 Å². The molecule has 1 N–H and O–H groups in total. The second kappa shape index (κ2) is 9.68. The van der Waals surface area contributed by atoms with Crippen molar-refractivity contribution >= 4 is 29.3 Å². The van der Waals surface area contributed by atoms with E-state index in [0.717, 1.165) is 11.3 Å². The van der Waals surface area contributed by atoms with Crippen LogP contribution >= 0.6 is 23.4 Å². The Bertz CT molecular complexity index is 900. The minimum absolute atomic E-state index is 0.0709. The SMILES string of the molecule is CN(C)[C@H](CNC(=O)CSc1nnnn1-c1ccc(Cl)cc1)c1ccccc1. The van der Waals surface area contributed by atoms with Crippen LogP contribution in [-0.4, -0.2) is 57.4 Å². The van der Waals surface area contributed by atoms with Crippen molar-refractivity contribution in [3.8, 4) is 5.69 Å². The maximum atomic E-state index is 12.3. The second-order valence-corrected chi connectivity index (χ2v) is 7.71. The van der Waals surface area contributed by atoms with Gasteiger partial charge < -0.3 is 10.2 Å². The molecule has 2 aromatic carbocycles. The smallest absolute Gasteiger partial charge is 0.230 e. The average Bonchev–Trinajstić information content (AvgIpc) is 3.16. The molecule has 1 aromatic heterocycles. The molecule has 0 aliphatic rings. The molecular weight excluding hydrogens is 396 g/mol. The number of thioether (sulfide) groups is 1. The van der Waals surface area contributed by atoms with Crippen molar-refractivity contribution in [2.45, 2.75) is 11.2 Å². The minimum Gasteiger partial charge on any atom is -0.353 e. The molecule has 0 unspecified atom stereocenters. The molecule has 0 saturated heterocycles. The van der Waals surface area contributed by atoms with Crippen LogP contribution in [0.3, 0.4) is 0 Å². The highest BCUT2D eigenvalue weighted by molar-refractivity contribution is 7.99. The fourth-order valence-corrected chi connectivity index (χ4v) is 3.53. The summed E-state index contributed by atoms with van der Waals surface area (Å²) in [6, 6.07) is 17.4. The van der Waals surface area contributed by atoms with Gasteiger partial charge in [0.2, 0.25) is 11.1 Å². The largest absolute Gasteiger partial charge is 0.353 e. The Morgan fingerprint density at radius 2 is 1.89 bits per heavy atom. The van der Waals surface area contributed by atoms with Crippen molar-refractivity contribution < 1.29 is 4.79 Å². The fourth-order valence-electron chi connectivity index (χ4n) is 2.68. The third-order valence-corrected chi connectivity index (χ3v) is 5.32. The number of tetrazole rings is 1. The molecule has 0 saturated carbocycles. The number of rotatable bonds is 8. The zero-order chi connectivity index (χ0) is 19.9. The lowest BCUT2D eigenvalue weighted by molar-refractivity contribution is -0.118. The topological polar surface area (TPSA) is 75.9 Å². The Balaban J connectivity index is 1.56. The number of carbonyl (C=O) groups excluding carboxylic acids is 1. The molecular formula is C19H21ClN6OS. The van der Waals surface area contributed by atoms with Crippen molar-refractivity contribution in [1.82, 2.24) is 30.4 Å². The number of hydrogen-bond donors (Lipinski definition) is 1. The highest BCUT2D eigenvalue weighted by Crippen LogP contribution is 2.20. The third kappa shape index (κ3) is 5.31.